The number of ether oxygens (including phenoxy) is 1. The molecule has 14 nitrogen and oxygen atoms in total. The second-order valence-electron chi connectivity index (χ2n) is 19.4. The van der Waals surface area contributed by atoms with Crippen molar-refractivity contribution in [1.82, 2.24) is 33.9 Å². The number of nitrogens with two attached hydrogens (primary N) is 1. The van der Waals surface area contributed by atoms with Crippen LogP contribution in [-0.2, 0) is 63.2 Å². The van der Waals surface area contributed by atoms with Crippen LogP contribution in [0.5, 0.6) is 0 Å². The molecule has 1 amide bonds. The minimum atomic E-state index is -4.65. The molecule has 0 saturated carbocycles. The largest absolute Gasteiger partial charge is 0.443 e. The molecule has 75 heavy (non-hydrogen) atoms. The van der Waals surface area contributed by atoms with E-state index in [0.29, 0.717) is 80.4 Å². The van der Waals surface area contributed by atoms with Gasteiger partial charge in [0.25, 0.3) is 10.2 Å². The standard InChI is InChI=1S/C27H31Cl2F3N4O4S.C22H23Cl2F3N4O2S/c1-26(2,3)40-25(37)35-41(38,39)33-15-23-21-13-16-6-7-17(28)14-20(16)19(21)10-12-36(23)11-4-5-18-8-9-22(29)24(34-18)27(30,31)32;23-14-4-3-13-10-18-16(17(13)11-14)7-9-31(20(18)12-29-34(28,32)33)8-1-2-15-5-6-19(24)21(30-15)22(25,26)27/h6-9,14,23,33H,4-5,10-13,15H2,1-3H3,(H,35,37);3-6,11,20,29H,1-2,7-10,12H2,(H2,28,32,33). The Bertz CT molecular complexity index is 3100. The third-order valence-electron chi connectivity index (χ3n) is 13.0. The quantitative estimate of drug-likeness (QED) is 0.0834. The summed E-state index contributed by atoms with van der Waals surface area (Å²) < 4.78 is 139. The van der Waals surface area contributed by atoms with Crippen LogP contribution in [-0.4, -0.2) is 99.6 Å². The first-order valence-corrected chi connectivity index (χ1v) is 28.2. The van der Waals surface area contributed by atoms with Crippen LogP contribution in [0, 0.1) is 0 Å². The summed E-state index contributed by atoms with van der Waals surface area (Å²) in [5.74, 6) is 0. The first-order chi connectivity index (χ1) is 34.9. The average molecular weight is 1170 g/mol. The molecule has 0 fully saturated rings. The van der Waals surface area contributed by atoms with E-state index in [0.717, 1.165) is 45.4 Å². The number of alkyl halides is 6. The van der Waals surface area contributed by atoms with E-state index >= 15 is 0 Å². The summed E-state index contributed by atoms with van der Waals surface area (Å²) in [4.78, 5) is 23.7. The Labute approximate surface area is 451 Å². The van der Waals surface area contributed by atoms with Gasteiger partial charge in [-0.05, 0) is 178 Å². The molecule has 5 N–H and O–H groups in total. The predicted octanol–water partition coefficient (Wildman–Crippen LogP) is 10.0. The van der Waals surface area contributed by atoms with Gasteiger partial charge in [-0.1, -0.05) is 58.5 Å². The van der Waals surface area contributed by atoms with E-state index in [1.165, 1.54) is 29.8 Å². The monoisotopic (exact) mass is 1170 g/mol. The molecule has 4 aromatic rings. The van der Waals surface area contributed by atoms with Crippen molar-refractivity contribution < 1.29 is 52.7 Å². The highest BCUT2D eigenvalue weighted by molar-refractivity contribution is 7.88. The van der Waals surface area contributed by atoms with Crippen LogP contribution >= 0.6 is 46.4 Å². The van der Waals surface area contributed by atoms with Crippen LogP contribution < -0.4 is 19.3 Å². The fourth-order valence-corrected chi connectivity index (χ4v) is 11.7. The lowest BCUT2D eigenvalue weighted by atomic mass is 9.92. The van der Waals surface area contributed by atoms with E-state index in [2.05, 4.69) is 29.2 Å². The molecule has 4 aliphatic rings. The molecule has 2 atom stereocenters. The molecule has 4 heterocycles. The van der Waals surface area contributed by atoms with Gasteiger partial charge >= 0.3 is 28.7 Å². The minimum absolute atomic E-state index is 0.0316. The Kier molecular flexibility index (Phi) is 18.4. The van der Waals surface area contributed by atoms with Crippen molar-refractivity contribution in [3.63, 3.8) is 0 Å². The summed E-state index contributed by atoms with van der Waals surface area (Å²) in [6.45, 7) is 7.23. The SMILES string of the molecule is CC(C)(C)OC(=O)NS(=O)(=O)NCC1C2=C(CCN1CCCc1ccc(Cl)c(C(F)(F)F)n1)c1cc(Cl)ccc1C2.NS(=O)(=O)NCC1C2=C(CCN1CCCc1ccc(Cl)c(C(F)(F)F)n1)c1cc(Cl)ccc1C2. The Hall–Kier alpha value is -4.07. The number of benzene rings is 2. The molecule has 408 valence electrons. The number of carbonyl (C=O) groups is 1. The first-order valence-electron chi connectivity index (χ1n) is 23.7. The van der Waals surface area contributed by atoms with E-state index in [-0.39, 0.29) is 37.3 Å². The predicted molar refractivity (Wildman–Crippen MR) is 277 cm³/mol. The number of nitrogens with one attached hydrogen (secondary N) is 3. The number of hydrogen-bond donors (Lipinski definition) is 4. The summed E-state index contributed by atoms with van der Waals surface area (Å²) in [7, 11) is -8.12. The number of pyridine rings is 2. The number of carbonyl (C=O) groups excluding carboxylic acids is 1. The summed E-state index contributed by atoms with van der Waals surface area (Å²) in [5, 5.41) is 5.54. The third-order valence-corrected chi connectivity index (χ3v) is 15.6. The van der Waals surface area contributed by atoms with Crippen molar-refractivity contribution in [2.24, 2.45) is 5.14 Å². The Morgan fingerprint density at radius 3 is 1.51 bits per heavy atom. The third kappa shape index (κ3) is 15.6. The van der Waals surface area contributed by atoms with Crippen molar-refractivity contribution in [1.29, 1.82) is 0 Å². The molecule has 2 aromatic heterocycles. The van der Waals surface area contributed by atoms with Gasteiger partial charge in [-0.3, -0.25) is 9.80 Å². The molecule has 8 rings (SSSR count). The van der Waals surface area contributed by atoms with Crippen LogP contribution in [0.2, 0.25) is 20.1 Å². The summed E-state index contributed by atoms with van der Waals surface area (Å²) in [5.41, 5.74) is 6.28. The van der Waals surface area contributed by atoms with Gasteiger partial charge in [0.05, 0.1) is 10.0 Å². The summed E-state index contributed by atoms with van der Waals surface area (Å²) in [6, 6.07) is 16.2. The topological polar surface area (TPSA) is 189 Å². The average Bonchev–Trinajstić information content (AvgIpc) is 3.85. The number of rotatable bonds is 15. The normalized spacial score (nSPS) is 18.3. The van der Waals surface area contributed by atoms with Gasteiger partial charge in [0.15, 0.2) is 11.4 Å². The maximum absolute atomic E-state index is 13.2. The molecule has 2 unspecified atom stereocenters. The van der Waals surface area contributed by atoms with Crippen molar-refractivity contribution in [2.75, 3.05) is 39.3 Å². The summed E-state index contributed by atoms with van der Waals surface area (Å²) in [6.07, 6.45) is -5.97. The molecule has 26 heteroatoms. The molecule has 2 aliphatic carbocycles. The van der Waals surface area contributed by atoms with Crippen LogP contribution in [0.1, 0.15) is 91.5 Å². The van der Waals surface area contributed by atoms with E-state index in [9.17, 15) is 48.0 Å². The zero-order valence-electron chi connectivity index (χ0n) is 40.7. The second-order valence-corrected chi connectivity index (χ2v) is 24.0. The zero-order chi connectivity index (χ0) is 54.8. The number of aromatic nitrogens is 2. The highest BCUT2D eigenvalue weighted by atomic mass is 35.5. The van der Waals surface area contributed by atoms with E-state index < -0.39 is 65.9 Å². The number of amides is 1. The van der Waals surface area contributed by atoms with E-state index in [1.807, 2.05) is 41.1 Å². The first kappa shape index (κ1) is 58.6. The van der Waals surface area contributed by atoms with Crippen LogP contribution in [0.4, 0.5) is 31.1 Å². The molecule has 0 saturated heterocycles. The Balaban J connectivity index is 0.000000222. The number of nitrogens with zero attached hydrogens (tertiary/aromatic N) is 4. The van der Waals surface area contributed by atoms with Gasteiger partial charge in [-0.15, -0.1) is 0 Å². The Morgan fingerprint density at radius 1 is 0.680 bits per heavy atom. The highest BCUT2D eigenvalue weighted by Gasteiger charge is 2.39. The maximum Gasteiger partial charge on any atom is 0.434 e. The van der Waals surface area contributed by atoms with Gasteiger partial charge in [0.2, 0.25) is 0 Å². The lowest BCUT2D eigenvalue weighted by molar-refractivity contribution is -0.142. The number of fused-ring (bicyclic) bond motifs is 4. The molecule has 2 aliphatic heterocycles. The van der Waals surface area contributed by atoms with E-state index in [1.54, 1.807) is 20.8 Å². The molecule has 2 aromatic carbocycles. The minimum Gasteiger partial charge on any atom is -0.443 e. The van der Waals surface area contributed by atoms with Crippen molar-refractivity contribution in [3.8, 4) is 0 Å². The van der Waals surface area contributed by atoms with Gasteiger partial charge < -0.3 is 4.74 Å². The van der Waals surface area contributed by atoms with Gasteiger partial charge in [-0.25, -0.2) is 29.3 Å². The van der Waals surface area contributed by atoms with Gasteiger partial charge in [-0.2, -0.15) is 47.9 Å². The van der Waals surface area contributed by atoms with E-state index in [4.69, 9.17) is 56.3 Å². The lowest BCUT2D eigenvalue weighted by Crippen LogP contribution is -2.51. The van der Waals surface area contributed by atoms with Crippen molar-refractivity contribution in [3.05, 3.63) is 137 Å². The smallest absolute Gasteiger partial charge is 0.434 e. The van der Waals surface area contributed by atoms with Crippen molar-refractivity contribution >= 4 is 84.1 Å². The van der Waals surface area contributed by atoms with Crippen LogP contribution in [0.15, 0.2) is 71.8 Å². The van der Waals surface area contributed by atoms with Crippen LogP contribution in [0.25, 0.3) is 11.1 Å². The second kappa shape index (κ2) is 23.5. The molecule has 0 spiro atoms. The van der Waals surface area contributed by atoms with Crippen molar-refractivity contribution in [2.45, 2.75) is 102 Å². The van der Waals surface area contributed by atoms with Gasteiger partial charge in [0.1, 0.15) is 5.60 Å². The highest BCUT2D eigenvalue weighted by Crippen LogP contribution is 2.44. The van der Waals surface area contributed by atoms with Gasteiger partial charge in [0, 0.05) is 59.7 Å². The number of aryl methyl sites for hydroxylation is 2. The zero-order valence-corrected chi connectivity index (χ0v) is 45.4. The van der Waals surface area contributed by atoms with Crippen LogP contribution in [0.3, 0.4) is 0 Å². The molecular weight excluding hydrogens is 1120 g/mol. The Morgan fingerprint density at radius 2 is 1.11 bits per heavy atom. The number of halogens is 10. The fourth-order valence-electron chi connectivity index (χ4n) is 9.86. The molecule has 0 bridgehead atoms. The number of hydrogen-bond acceptors (Lipinski definition) is 10. The molecular formula is C49H54Cl4F6N8O6S2. The maximum atomic E-state index is 13.2. The summed E-state index contributed by atoms with van der Waals surface area (Å²) >= 11 is 23.8. The fraction of sp³-hybridized carbons (Fsp3) is 0.449. The molecule has 0 radical (unpaired) electrons. The lowest BCUT2D eigenvalue weighted by Gasteiger charge is -2.37.